The summed E-state index contributed by atoms with van der Waals surface area (Å²) in [4.78, 5) is 12.0. The highest BCUT2D eigenvalue weighted by Crippen LogP contribution is 2.23. The lowest BCUT2D eigenvalue weighted by Crippen LogP contribution is -2.59. The number of rotatable bonds is 3. The minimum atomic E-state index is -0.200. The van der Waals surface area contributed by atoms with Crippen LogP contribution >= 0.6 is 0 Å². The minimum Gasteiger partial charge on any atom is -0.390 e. The van der Waals surface area contributed by atoms with Gasteiger partial charge in [0, 0.05) is 19.3 Å². The topological polar surface area (TPSA) is 48.8 Å². The summed E-state index contributed by atoms with van der Waals surface area (Å²) >= 11 is 0. The number of aliphatic hydroxyl groups is 1. The van der Waals surface area contributed by atoms with E-state index in [1.807, 2.05) is 17.3 Å². The number of hydrogen-bond acceptors (Lipinski definition) is 5. The Bertz CT molecular complexity index is 348. The maximum Gasteiger partial charge on any atom is 0.114 e. The van der Waals surface area contributed by atoms with E-state index in [1.54, 1.807) is 6.20 Å². The van der Waals surface area contributed by atoms with Crippen molar-refractivity contribution in [3.63, 3.8) is 0 Å². The van der Waals surface area contributed by atoms with Crippen molar-refractivity contribution in [2.45, 2.75) is 12.2 Å². The van der Waals surface area contributed by atoms with Crippen molar-refractivity contribution in [3.8, 4) is 0 Å². The molecule has 0 amide bonds. The Kier molecular flexibility index (Phi) is 2.51. The molecular formula is C11H15N3O2. The average Bonchev–Trinajstić information content (AvgIpc) is 2.21. The zero-order valence-corrected chi connectivity index (χ0v) is 8.99. The molecule has 2 saturated heterocycles. The lowest BCUT2D eigenvalue weighted by atomic mass is 10.1. The molecule has 0 bridgehead atoms. The third kappa shape index (κ3) is 1.89. The molecule has 86 valence electrons. The van der Waals surface area contributed by atoms with Crippen molar-refractivity contribution in [2.75, 3.05) is 31.1 Å². The van der Waals surface area contributed by atoms with Crippen LogP contribution in [0.5, 0.6) is 0 Å². The summed E-state index contributed by atoms with van der Waals surface area (Å²) in [5, 5.41) is 10.9. The van der Waals surface area contributed by atoms with Crippen LogP contribution in [0.1, 0.15) is 0 Å². The molecule has 2 aliphatic rings. The lowest BCUT2D eigenvalue weighted by molar-refractivity contribution is -0.265. The molecule has 0 radical (unpaired) electrons. The highest BCUT2D eigenvalue weighted by atomic mass is 16.7. The predicted molar refractivity (Wildman–Crippen MR) is 58.9 cm³/mol. The van der Waals surface area contributed by atoms with Crippen LogP contribution in [-0.4, -0.2) is 53.5 Å². The Morgan fingerprint density at radius 1 is 1.31 bits per heavy atom. The van der Waals surface area contributed by atoms with Gasteiger partial charge in [-0.15, -0.1) is 0 Å². The van der Waals surface area contributed by atoms with Gasteiger partial charge in [-0.1, -0.05) is 0 Å². The van der Waals surface area contributed by atoms with Gasteiger partial charge >= 0.3 is 0 Å². The van der Waals surface area contributed by atoms with Crippen LogP contribution in [0.4, 0.5) is 5.69 Å². The number of aromatic nitrogens is 1. The number of β-amino-alcohol motifs (C(OH)–C–C–N with tert-alkyl or cyclic N) is 1. The Morgan fingerprint density at radius 3 is 2.75 bits per heavy atom. The highest BCUT2D eigenvalue weighted by molar-refractivity contribution is 5.46. The Morgan fingerprint density at radius 2 is 2.12 bits per heavy atom. The van der Waals surface area contributed by atoms with Crippen LogP contribution < -0.4 is 4.90 Å². The van der Waals surface area contributed by atoms with Crippen LogP contribution in [-0.2, 0) is 4.84 Å². The van der Waals surface area contributed by atoms with Crippen LogP contribution in [0.2, 0.25) is 0 Å². The molecule has 16 heavy (non-hydrogen) atoms. The molecule has 3 rings (SSSR count). The molecule has 0 saturated carbocycles. The van der Waals surface area contributed by atoms with Crippen molar-refractivity contribution < 1.29 is 9.94 Å². The molecule has 1 aromatic heterocycles. The largest absolute Gasteiger partial charge is 0.390 e. The number of hydroxylamine groups is 2. The molecule has 0 aliphatic carbocycles. The monoisotopic (exact) mass is 221 g/mol. The summed E-state index contributed by atoms with van der Waals surface area (Å²) in [6.45, 7) is 3.09. The van der Waals surface area contributed by atoms with Gasteiger partial charge in [0.15, 0.2) is 0 Å². The van der Waals surface area contributed by atoms with E-state index < -0.39 is 0 Å². The Hall–Kier alpha value is -1.17. The molecular weight excluding hydrogens is 206 g/mol. The third-order valence-electron chi connectivity index (χ3n) is 2.99. The normalized spacial score (nSPS) is 22.9. The highest BCUT2D eigenvalue weighted by Gasteiger charge is 2.34. The fourth-order valence-corrected chi connectivity index (χ4v) is 1.97. The quantitative estimate of drug-likeness (QED) is 0.771. The van der Waals surface area contributed by atoms with Gasteiger partial charge in [0.25, 0.3) is 0 Å². The molecule has 5 nitrogen and oxygen atoms in total. The van der Waals surface area contributed by atoms with Crippen molar-refractivity contribution in [2.24, 2.45) is 0 Å². The van der Waals surface area contributed by atoms with E-state index in [0.29, 0.717) is 13.1 Å². The first kappa shape index (κ1) is 10.0. The molecule has 1 aromatic rings. The predicted octanol–water partition coefficient (Wildman–Crippen LogP) is -0.122. The van der Waals surface area contributed by atoms with Gasteiger partial charge < -0.3 is 10.0 Å². The maximum atomic E-state index is 9.11. The maximum absolute atomic E-state index is 9.11. The van der Waals surface area contributed by atoms with Crippen molar-refractivity contribution in [1.82, 2.24) is 10.0 Å². The van der Waals surface area contributed by atoms with E-state index in [9.17, 15) is 0 Å². The van der Waals surface area contributed by atoms with E-state index in [0.717, 1.165) is 18.8 Å². The summed E-state index contributed by atoms with van der Waals surface area (Å²) in [6, 6.07) is 3.99. The fraction of sp³-hybridized carbons (Fsp3) is 0.545. The SMILES string of the molecule is OC1CN(OC2CN(c3cccnc3)C2)C1. The van der Waals surface area contributed by atoms with Crippen LogP contribution in [0.15, 0.2) is 24.5 Å². The van der Waals surface area contributed by atoms with Gasteiger partial charge in [0.05, 0.1) is 31.1 Å². The van der Waals surface area contributed by atoms with Crippen molar-refractivity contribution in [3.05, 3.63) is 24.5 Å². The number of anilines is 1. The van der Waals surface area contributed by atoms with Gasteiger partial charge in [-0.05, 0) is 12.1 Å². The number of pyridine rings is 1. The van der Waals surface area contributed by atoms with Gasteiger partial charge in [0.1, 0.15) is 6.10 Å². The summed E-state index contributed by atoms with van der Waals surface area (Å²) in [7, 11) is 0. The molecule has 1 N–H and O–H groups in total. The second-order valence-electron chi connectivity index (χ2n) is 4.34. The number of aliphatic hydroxyl groups excluding tert-OH is 1. The molecule has 0 aromatic carbocycles. The standard InChI is InChI=1S/C11H15N3O2/c15-10-5-14(6-10)16-11-7-13(8-11)9-2-1-3-12-4-9/h1-4,10-11,15H,5-8H2. The second kappa shape index (κ2) is 4.01. The molecule has 0 spiro atoms. The van der Waals surface area contributed by atoms with Crippen LogP contribution in [0.3, 0.4) is 0 Å². The molecule has 2 fully saturated rings. The minimum absolute atomic E-state index is 0.200. The second-order valence-corrected chi connectivity index (χ2v) is 4.34. The zero-order valence-electron chi connectivity index (χ0n) is 8.99. The summed E-state index contributed by atoms with van der Waals surface area (Å²) in [5.74, 6) is 0. The van der Waals surface area contributed by atoms with Crippen molar-refractivity contribution in [1.29, 1.82) is 0 Å². The summed E-state index contributed by atoms with van der Waals surface area (Å²) < 4.78 is 0. The molecule has 2 aliphatic heterocycles. The van der Waals surface area contributed by atoms with E-state index in [2.05, 4.69) is 16.0 Å². The lowest BCUT2D eigenvalue weighted by Gasteiger charge is -2.45. The molecule has 0 unspecified atom stereocenters. The number of nitrogens with zero attached hydrogens (tertiary/aromatic N) is 3. The Labute approximate surface area is 94.2 Å². The van der Waals surface area contributed by atoms with E-state index in [-0.39, 0.29) is 12.2 Å². The molecule has 5 heteroatoms. The van der Waals surface area contributed by atoms with E-state index >= 15 is 0 Å². The van der Waals surface area contributed by atoms with Gasteiger partial charge in [-0.25, -0.2) is 0 Å². The average molecular weight is 221 g/mol. The van der Waals surface area contributed by atoms with Gasteiger partial charge in [-0.2, -0.15) is 5.06 Å². The van der Waals surface area contributed by atoms with Crippen LogP contribution in [0.25, 0.3) is 0 Å². The van der Waals surface area contributed by atoms with Crippen LogP contribution in [0, 0.1) is 0 Å². The molecule has 3 heterocycles. The summed E-state index contributed by atoms with van der Waals surface area (Å²) in [6.07, 6.45) is 3.70. The Balaban J connectivity index is 1.45. The zero-order chi connectivity index (χ0) is 11.0. The smallest absolute Gasteiger partial charge is 0.114 e. The third-order valence-corrected chi connectivity index (χ3v) is 2.99. The first-order chi connectivity index (χ1) is 7.81. The van der Waals surface area contributed by atoms with Gasteiger partial charge in [-0.3, -0.25) is 9.82 Å². The van der Waals surface area contributed by atoms with Gasteiger partial charge in [0.2, 0.25) is 0 Å². The van der Waals surface area contributed by atoms with Crippen molar-refractivity contribution >= 4 is 5.69 Å². The van der Waals surface area contributed by atoms with E-state index in [4.69, 9.17) is 9.94 Å². The number of hydrogen-bond donors (Lipinski definition) is 1. The van der Waals surface area contributed by atoms with E-state index in [1.165, 1.54) is 0 Å². The fourth-order valence-electron chi connectivity index (χ4n) is 1.97. The first-order valence-electron chi connectivity index (χ1n) is 5.56. The molecule has 0 atom stereocenters. The first-order valence-corrected chi connectivity index (χ1v) is 5.56. The summed E-state index contributed by atoms with van der Waals surface area (Å²) in [5.41, 5.74) is 1.14.